The van der Waals surface area contributed by atoms with Gasteiger partial charge in [0.05, 0.1) is 11.4 Å². The van der Waals surface area contributed by atoms with Gasteiger partial charge in [-0.2, -0.15) is 5.10 Å². The highest BCUT2D eigenvalue weighted by Gasteiger charge is 2.24. The van der Waals surface area contributed by atoms with Crippen molar-refractivity contribution in [2.75, 3.05) is 18.0 Å². The number of aromatic nitrogens is 2. The third kappa shape index (κ3) is 2.86. The van der Waals surface area contributed by atoms with Crippen molar-refractivity contribution < 1.29 is 0 Å². The van der Waals surface area contributed by atoms with Crippen LogP contribution in [-0.2, 0) is 5.33 Å². The number of anilines is 1. The van der Waals surface area contributed by atoms with E-state index in [1.807, 2.05) is 6.07 Å². The van der Waals surface area contributed by atoms with Crippen LogP contribution < -0.4 is 4.90 Å². The van der Waals surface area contributed by atoms with Crippen LogP contribution in [0.3, 0.4) is 0 Å². The minimum Gasteiger partial charge on any atom is -0.356 e. The van der Waals surface area contributed by atoms with Crippen molar-refractivity contribution in [3.63, 3.8) is 0 Å². The van der Waals surface area contributed by atoms with Crippen molar-refractivity contribution in [2.45, 2.75) is 32.0 Å². The number of piperidine rings is 1. The first-order valence-corrected chi connectivity index (χ1v) is 8.77. The lowest BCUT2D eigenvalue weighted by atomic mass is 10.00. The third-order valence-electron chi connectivity index (χ3n) is 4.25. The molecule has 0 amide bonds. The van der Waals surface area contributed by atoms with Crippen LogP contribution in [0.15, 0.2) is 30.3 Å². The van der Waals surface area contributed by atoms with Gasteiger partial charge in [-0.1, -0.05) is 41.1 Å². The van der Waals surface area contributed by atoms with Crippen molar-refractivity contribution >= 4 is 21.7 Å². The zero-order chi connectivity index (χ0) is 14.8. The molecular formula is C17H22BrN3. The number of halogens is 1. The summed E-state index contributed by atoms with van der Waals surface area (Å²) in [5.41, 5.74) is 3.57. The highest BCUT2D eigenvalue weighted by atomic mass is 79.9. The highest BCUT2D eigenvalue weighted by Crippen LogP contribution is 2.32. The normalized spacial score (nSPS) is 19.0. The van der Waals surface area contributed by atoms with Gasteiger partial charge in [0.25, 0.3) is 0 Å². The zero-order valence-electron chi connectivity index (χ0n) is 12.7. The molecule has 1 aromatic heterocycles. The molecule has 1 saturated heterocycles. The van der Waals surface area contributed by atoms with E-state index in [2.05, 4.69) is 63.6 Å². The van der Waals surface area contributed by atoms with Crippen LogP contribution in [0.1, 0.15) is 31.0 Å². The Bertz CT molecular complexity index is 606. The van der Waals surface area contributed by atoms with Gasteiger partial charge >= 0.3 is 0 Å². The maximum atomic E-state index is 4.80. The molecule has 1 unspecified atom stereocenters. The van der Waals surface area contributed by atoms with Crippen LogP contribution in [0.2, 0.25) is 0 Å². The molecular weight excluding hydrogens is 326 g/mol. The zero-order valence-corrected chi connectivity index (χ0v) is 14.3. The Balaban J connectivity index is 2.08. The number of hydrogen-bond donors (Lipinski definition) is 0. The molecule has 112 valence electrons. The van der Waals surface area contributed by atoms with Crippen LogP contribution >= 0.6 is 15.9 Å². The minimum atomic E-state index is 0.751. The van der Waals surface area contributed by atoms with Crippen LogP contribution in [0.25, 0.3) is 5.69 Å². The standard InChI is InChI=1S/C17H22BrN3/c1-13-7-6-10-20(12-13)17-16(11-18)14(2)19-21(17)15-8-4-3-5-9-15/h3-5,8-9,13H,6-7,10-12H2,1-2H3. The molecule has 3 nitrogen and oxygen atoms in total. The first kappa shape index (κ1) is 14.6. The molecule has 3 rings (SSSR count). The quantitative estimate of drug-likeness (QED) is 0.771. The first-order valence-electron chi connectivity index (χ1n) is 7.65. The molecule has 0 radical (unpaired) electrons. The van der Waals surface area contributed by atoms with Crippen molar-refractivity contribution in [1.82, 2.24) is 9.78 Å². The number of hydrogen-bond acceptors (Lipinski definition) is 2. The van der Waals surface area contributed by atoms with E-state index < -0.39 is 0 Å². The predicted molar refractivity (Wildman–Crippen MR) is 91.5 cm³/mol. The van der Waals surface area contributed by atoms with E-state index in [-0.39, 0.29) is 0 Å². The van der Waals surface area contributed by atoms with Crippen LogP contribution in [0.4, 0.5) is 5.82 Å². The summed E-state index contributed by atoms with van der Waals surface area (Å²) in [7, 11) is 0. The summed E-state index contributed by atoms with van der Waals surface area (Å²) in [6.45, 7) is 6.70. The van der Waals surface area contributed by atoms with Gasteiger partial charge in [-0.25, -0.2) is 4.68 Å². The Morgan fingerprint density at radius 1 is 1.29 bits per heavy atom. The monoisotopic (exact) mass is 347 g/mol. The topological polar surface area (TPSA) is 21.1 Å². The van der Waals surface area contributed by atoms with Gasteiger partial charge in [0.2, 0.25) is 0 Å². The van der Waals surface area contributed by atoms with E-state index in [1.54, 1.807) is 0 Å². The molecule has 1 atom stereocenters. The molecule has 1 aliphatic rings. The molecule has 0 saturated carbocycles. The lowest BCUT2D eigenvalue weighted by Crippen LogP contribution is -2.36. The second-order valence-corrected chi connectivity index (χ2v) is 6.52. The van der Waals surface area contributed by atoms with E-state index in [0.717, 1.165) is 35.7 Å². The second kappa shape index (κ2) is 6.22. The van der Waals surface area contributed by atoms with E-state index in [9.17, 15) is 0 Å². The summed E-state index contributed by atoms with van der Waals surface area (Å²) in [6.07, 6.45) is 2.60. The summed E-state index contributed by atoms with van der Waals surface area (Å²) in [6, 6.07) is 10.4. The second-order valence-electron chi connectivity index (χ2n) is 5.96. The van der Waals surface area contributed by atoms with Crippen molar-refractivity contribution in [3.05, 3.63) is 41.6 Å². The fraction of sp³-hybridized carbons (Fsp3) is 0.471. The molecule has 4 heteroatoms. The minimum absolute atomic E-state index is 0.751. The summed E-state index contributed by atoms with van der Waals surface area (Å²) < 4.78 is 2.12. The molecule has 0 aliphatic carbocycles. The Morgan fingerprint density at radius 3 is 2.71 bits per heavy atom. The Kier molecular flexibility index (Phi) is 4.34. The molecule has 1 aromatic carbocycles. The maximum absolute atomic E-state index is 4.80. The van der Waals surface area contributed by atoms with E-state index in [4.69, 9.17) is 5.10 Å². The Morgan fingerprint density at radius 2 is 2.05 bits per heavy atom. The Hall–Kier alpha value is -1.29. The highest BCUT2D eigenvalue weighted by molar-refractivity contribution is 9.08. The fourth-order valence-corrected chi connectivity index (χ4v) is 3.82. The number of alkyl halides is 1. The third-order valence-corrected chi connectivity index (χ3v) is 4.81. The van der Waals surface area contributed by atoms with Gasteiger partial charge in [-0.15, -0.1) is 0 Å². The molecule has 0 spiro atoms. The average molecular weight is 348 g/mol. The molecule has 0 bridgehead atoms. The largest absolute Gasteiger partial charge is 0.356 e. The van der Waals surface area contributed by atoms with Gasteiger partial charge in [-0.05, 0) is 37.8 Å². The van der Waals surface area contributed by atoms with Crippen molar-refractivity contribution in [3.8, 4) is 5.69 Å². The fourth-order valence-electron chi connectivity index (χ4n) is 3.16. The molecule has 21 heavy (non-hydrogen) atoms. The number of rotatable bonds is 3. The van der Waals surface area contributed by atoms with Crippen LogP contribution in [-0.4, -0.2) is 22.9 Å². The van der Waals surface area contributed by atoms with Gasteiger partial charge in [0.1, 0.15) is 5.82 Å². The first-order chi connectivity index (χ1) is 10.2. The SMILES string of the molecule is Cc1nn(-c2ccccc2)c(N2CCCC(C)C2)c1CBr. The maximum Gasteiger partial charge on any atom is 0.136 e. The van der Waals surface area contributed by atoms with Crippen molar-refractivity contribution in [2.24, 2.45) is 5.92 Å². The van der Waals surface area contributed by atoms with E-state index in [0.29, 0.717) is 0 Å². The number of para-hydroxylation sites is 1. The van der Waals surface area contributed by atoms with Crippen molar-refractivity contribution in [1.29, 1.82) is 0 Å². The lowest BCUT2D eigenvalue weighted by Gasteiger charge is -2.33. The molecule has 1 fully saturated rings. The predicted octanol–water partition coefficient (Wildman–Crippen LogP) is 4.31. The summed E-state index contributed by atoms with van der Waals surface area (Å²) >= 11 is 3.65. The van der Waals surface area contributed by atoms with E-state index in [1.165, 1.54) is 24.2 Å². The molecule has 2 heterocycles. The van der Waals surface area contributed by atoms with Crippen LogP contribution in [0.5, 0.6) is 0 Å². The van der Waals surface area contributed by atoms with Gasteiger partial charge < -0.3 is 4.90 Å². The Labute approximate surface area is 135 Å². The van der Waals surface area contributed by atoms with Gasteiger partial charge in [0, 0.05) is 24.0 Å². The lowest BCUT2D eigenvalue weighted by molar-refractivity contribution is 0.442. The summed E-state index contributed by atoms with van der Waals surface area (Å²) in [4.78, 5) is 2.51. The average Bonchev–Trinajstić information content (AvgIpc) is 2.85. The number of benzene rings is 1. The number of aryl methyl sites for hydroxylation is 1. The summed E-state index contributed by atoms with van der Waals surface area (Å²) in [5.74, 6) is 2.02. The molecule has 0 N–H and O–H groups in total. The van der Waals surface area contributed by atoms with Gasteiger partial charge in [0.15, 0.2) is 0 Å². The van der Waals surface area contributed by atoms with Gasteiger partial charge in [-0.3, -0.25) is 0 Å². The molecule has 1 aliphatic heterocycles. The van der Waals surface area contributed by atoms with E-state index >= 15 is 0 Å². The van der Waals surface area contributed by atoms with Crippen LogP contribution in [0, 0.1) is 12.8 Å². The molecule has 2 aromatic rings. The smallest absolute Gasteiger partial charge is 0.136 e. The number of nitrogens with zero attached hydrogens (tertiary/aromatic N) is 3. The summed E-state index contributed by atoms with van der Waals surface area (Å²) in [5, 5.41) is 5.65.